The van der Waals surface area contributed by atoms with Crippen LogP contribution >= 0.6 is 0 Å². The largest absolute Gasteiger partial charge is 0.492 e. The van der Waals surface area contributed by atoms with Gasteiger partial charge in [0, 0.05) is 13.1 Å². The van der Waals surface area contributed by atoms with E-state index in [1.54, 1.807) is 24.3 Å². The normalized spacial score (nSPS) is 21.9. The van der Waals surface area contributed by atoms with Crippen molar-refractivity contribution in [3.63, 3.8) is 0 Å². The van der Waals surface area contributed by atoms with Crippen molar-refractivity contribution in [1.29, 1.82) is 5.26 Å². The first-order chi connectivity index (χ1) is 9.70. The average Bonchev–Trinajstić information content (AvgIpc) is 2.46. The summed E-state index contributed by atoms with van der Waals surface area (Å²) in [5, 5.41) is 14.8. The van der Waals surface area contributed by atoms with E-state index in [9.17, 15) is 4.79 Å². The number of piperidine rings is 1. The summed E-state index contributed by atoms with van der Waals surface area (Å²) in [5.74, 6) is 1.15. The molecule has 2 N–H and O–H groups in total. The summed E-state index contributed by atoms with van der Waals surface area (Å²) in [6, 6.07) is 8.92. The maximum Gasteiger partial charge on any atom is 0.237 e. The molecule has 5 heteroatoms. The molecule has 0 saturated carbocycles. The van der Waals surface area contributed by atoms with Crippen molar-refractivity contribution in [2.45, 2.75) is 19.4 Å². The van der Waals surface area contributed by atoms with Gasteiger partial charge >= 0.3 is 0 Å². The van der Waals surface area contributed by atoms with Gasteiger partial charge < -0.3 is 15.4 Å². The van der Waals surface area contributed by atoms with Crippen LogP contribution in [0.4, 0.5) is 0 Å². The quantitative estimate of drug-likeness (QED) is 0.786. The van der Waals surface area contributed by atoms with Crippen molar-refractivity contribution in [3.05, 3.63) is 29.8 Å². The summed E-state index contributed by atoms with van der Waals surface area (Å²) in [7, 11) is 0. The van der Waals surface area contributed by atoms with Crippen molar-refractivity contribution >= 4 is 5.91 Å². The van der Waals surface area contributed by atoms with E-state index in [2.05, 4.69) is 23.6 Å². The predicted octanol–water partition coefficient (Wildman–Crippen LogP) is 1.05. The number of nitrogens with zero attached hydrogens (tertiary/aromatic N) is 1. The highest BCUT2D eigenvalue weighted by atomic mass is 16.5. The minimum absolute atomic E-state index is 0.0714. The summed E-state index contributed by atoms with van der Waals surface area (Å²) in [6.07, 6.45) is 1.000. The number of nitriles is 1. The van der Waals surface area contributed by atoms with Gasteiger partial charge in [-0.3, -0.25) is 4.79 Å². The van der Waals surface area contributed by atoms with Crippen molar-refractivity contribution in [3.8, 4) is 11.8 Å². The Morgan fingerprint density at radius 2 is 2.20 bits per heavy atom. The molecule has 0 spiro atoms. The Hall–Kier alpha value is -2.06. The zero-order valence-electron chi connectivity index (χ0n) is 11.6. The van der Waals surface area contributed by atoms with Crippen LogP contribution in [0.25, 0.3) is 0 Å². The maximum atomic E-state index is 11.7. The van der Waals surface area contributed by atoms with Gasteiger partial charge in [0.2, 0.25) is 5.91 Å². The number of nitrogens with one attached hydrogen (secondary N) is 2. The standard InChI is InChI=1S/C15H19N3O2/c1-11-6-7-18-15(19)14(11)17-8-9-20-13-4-2-12(10-16)3-5-13/h2-5,11,14,17H,6-9H2,1H3,(H,18,19)/t11-,14+/m1/s1. The van der Waals surface area contributed by atoms with Gasteiger partial charge in [-0.1, -0.05) is 6.92 Å². The fourth-order valence-corrected chi connectivity index (χ4v) is 2.26. The molecule has 1 fully saturated rings. The van der Waals surface area contributed by atoms with Crippen LogP contribution in [-0.2, 0) is 4.79 Å². The predicted molar refractivity (Wildman–Crippen MR) is 75.2 cm³/mol. The summed E-state index contributed by atoms with van der Waals surface area (Å²) in [6.45, 7) is 3.95. The topological polar surface area (TPSA) is 74.2 Å². The third-order valence-electron chi connectivity index (χ3n) is 3.47. The summed E-state index contributed by atoms with van der Waals surface area (Å²) >= 11 is 0. The highest BCUT2D eigenvalue weighted by Gasteiger charge is 2.27. The van der Waals surface area contributed by atoms with E-state index in [-0.39, 0.29) is 11.9 Å². The van der Waals surface area contributed by atoms with Crippen LogP contribution in [0.5, 0.6) is 5.75 Å². The third-order valence-corrected chi connectivity index (χ3v) is 3.47. The molecule has 0 radical (unpaired) electrons. The smallest absolute Gasteiger partial charge is 0.237 e. The summed E-state index contributed by atoms with van der Waals surface area (Å²) < 4.78 is 5.56. The summed E-state index contributed by atoms with van der Waals surface area (Å²) in [5.41, 5.74) is 0.614. The molecule has 1 aromatic rings. The first kappa shape index (κ1) is 14.4. The van der Waals surface area contributed by atoms with Gasteiger partial charge in [-0.25, -0.2) is 0 Å². The van der Waals surface area contributed by atoms with Crippen LogP contribution in [0.3, 0.4) is 0 Å². The molecule has 0 aliphatic carbocycles. The van der Waals surface area contributed by atoms with Gasteiger partial charge in [-0.05, 0) is 36.6 Å². The molecule has 1 saturated heterocycles. The second-order valence-electron chi connectivity index (χ2n) is 4.97. The maximum absolute atomic E-state index is 11.7. The molecule has 0 unspecified atom stereocenters. The van der Waals surface area contributed by atoms with Gasteiger partial charge in [0.25, 0.3) is 0 Å². The molecule has 2 rings (SSSR count). The molecule has 0 aromatic heterocycles. The van der Waals surface area contributed by atoms with Gasteiger partial charge in [0.05, 0.1) is 17.7 Å². The molecular formula is C15H19N3O2. The number of carbonyl (C=O) groups excluding carboxylic acids is 1. The highest BCUT2D eigenvalue weighted by Crippen LogP contribution is 2.13. The number of hydrogen-bond donors (Lipinski definition) is 2. The monoisotopic (exact) mass is 273 g/mol. The number of carbonyl (C=O) groups is 1. The fraction of sp³-hybridized carbons (Fsp3) is 0.467. The lowest BCUT2D eigenvalue weighted by molar-refractivity contribution is -0.126. The minimum atomic E-state index is -0.131. The second-order valence-corrected chi connectivity index (χ2v) is 4.97. The highest BCUT2D eigenvalue weighted by molar-refractivity contribution is 5.82. The number of amides is 1. The molecule has 1 aromatic carbocycles. The van der Waals surface area contributed by atoms with Crippen molar-refractivity contribution < 1.29 is 9.53 Å². The molecule has 1 heterocycles. The molecule has 5 nitrogen and oxygen atoms in total. The molecule has 20 heavy (non-hydrogen) atoms. The molecule has 1 amide bonds. The first-order valence-corrected chi connectivity index (χ1v) is 6.85. The molecule has 106 valence electrons. The van der Waals surface area contributed by atoms with Crippen LogP contribution in [0.1, 0.15) is 18.9 Å². The Morgan fingerprint density at radius 3 is 2.85 bits per heavy atom. The van der Waals surface area contributed by atoms with Crippen molar-refractivity contribution in [2.24, 2.45) is 5.92 Å². The van der Waals surface area contributed by atoms with Crippen LogP contribution in [0, 0.1) is 17.2 Å². The van der Waals surface area contributed by atoms with E-state index >= 15 is 0 Å². The van der Waals surface area contributed by atoms with Gasteiger partial charge in [0.1, 0.15) is 12.4 Å². The van der Waals surface area contributed by atoms with E-state index in [0.29, 0.717) is 24.6 Å². The number of benzene rings is 1. The first-order valence-electron chi connectivity index (χ1n) is 6.85. The lowest BCUT2D eigenvalue weighted by atomic mass is 9.94. The Balaban J connectivity index is 1.73. The zero-order valence-corrected chi connectivity index (χ0v) is 11.6. The zero-order chi connectivity index (χ0) is 14.4. The Kier molecular flexibility index (Phi) is 4.97. The molecule has 1 aliphatic rings. The van der Waals surface area contributed by atoms with E-state index < -0.39 is 0 Å². The van der Waals surface area contributed by atoms with Crippen molar-refractivity contribution in [1.82, 2.24) is 10.6 Å². The minimum Gasteiger partial charge on any atom is -0.492 e. The lowest BCUT2D eigenvalue weighted by Gasteiger charge is -2.29. The molecule has 1 aliphatic heterocycles. The Morgan fingerprint density at radius 1 is 1.45 bits per heavy atom. The van der Waals surface area contributed by atoms with Crippen LogP contribution < -0.4 is 15.4 Å². The number of ether oxygens (including phenoxy) is 1. The Bertz CT molecular complexity index is 493. The number of rotatable bonds is 5. The van der Waals surface area contributed by atoms with E-state index in [0.717, 1.165) is 18.7 Å². The Labute approximate surface area is 118 Å². The van der Waals surface area contributed by atoms with Crippen LogP contribution in [0.15, 0.2) is 24.3 Å². The van der Waals surface area contributed by atoms with E-state index in [4.69, 9.17) is 10.00 Å². The van der Waals surface area contributed by atoms with Crippen molar-refractivity contribution in [2.75, 3.05) is 19.7 Å². The molecular weight excluding hydrogens is 254 g/mol. The lowest BCUT2D eigenvalue weighted by Crippen LogP contribution is -2.53. The SMILES string of the molecule is C[C@@H]1CCNC(=O)[C@H]1NCCOc1ccc(C#N)cc1. The number of hydrogen-bond acceptors (Lipinski definition) is 4. The average molecular weight is 273 g/mol. The second kappa shape index (κ2) is 6.92. The molecule has 2 atom stereocenters. The van der Waals surface area contributed by atoms with Crippen LogP contribution in [-0.4, -0.2) is 31.6 Å². The van der Waals surface area contributed by atoms with Crippen LogP contribution in [0.2, 0.25) is 0 Å². The summed E-state index contributed by atoms with van der Waals surface area (Å²) in [4.78, 5) is 11.7. The fourth-order valence-electron chi connectivity index (χ4n) is 2.26. The van der Waals surface area contributed by atoms with Gasteiger partial charge in [-0.15, -0.1) is 0 Å². The van der Waals surface area contributed by atoms with E-state index in [1.807, 2.05) is 0 Å². The molecule has 0 bridgehead atoms. The van der Waals surface area contributed by atoms with E-state index in [1.165, 1.54) is 0 Å². The van der Waals surface area contributed by atoms with Gasteiger partial charge in [0.15, 0.2) is 0 Å². The van der Waals surface area contributed by atoms with Gasteiger partial charge in [-0.2, -0.15) is 5.26 Å². The third kappa shape index (κ3) is 3.72.